The van der Waals surface area contributed by atoms with E-state index < -0.39 is 0 Å². The molecule has 0 radical (unpaired) electrons. The topological polar surface area (TPSA) is 62.8 Å². The predicted octanol–water partition coefficient (Wildman–Crippen LogP) is 2.21. The van der Waals surface area contributed by atoms with E-state index in [1.165, 1.54) is 0 Å². The number of ether oxygens (including phenoxy) is 2. The van der Waals surface area contributed by atoms with Crippen LogP contribution in [0, 0.1) is 0 Å². The van der Waals surface area contributed by atoms with E-state index in [1.807, 2.05) is 61.5 Å². The molecule has 6 heteroatoms. The lowest BCUT2D eigenvalue weighted by molar-refractivity contribution is -0.115. The van der Waals surface area contributed by atoms with Crippen LogP contribution >= 0.6 is 0 Å². The van der Waals surface area contributed by atoms with Gasteiger partial charge in [0.2, 0.25) is 12.7 Å². The van der Waals surface area contributed by atoms with Gasteiger partial charge >= 0.3 is 0 Å². The molecule has 1 heterocycles. The molecule has 1 aliphatic rings. The third kappa shape index (κ3) is 3.97. The summed E-state index contributed by atoms with van der Waals surface area (Å²) < 4.78 is 10.6. The standard InChI is InChI=1S/C18H21N3O3/c1-21(2)15-6-4-14(5-7-15)20-18(22)11-19-10-13-3-8-16-17(9-13)24-12-23-16/h3-9,19H,10-12H2,1-2H3,(H,20,22). The summed E-state index contributed by atoms with van der Waals surface area (Å²) in [6.07, 6.45) is 0. The molecule has 0 saturated heterocycles. The van der Waals surface area contributed by atoms with E-state index in [-0.39, 0.29) is 19.2 Å². The first kappa shape index (κ1) is 16.1. The van der Waals surface area contributed by atoms with Crippen LogP contribution in [0.2, 0.25) is 0 Å². The van der Waals surface area contributed by atoms with E-state index in [4.69, 9.17) is 9.47 Å². The number of benzene rings is 2. The number of hydrogen-bond acceptors (Lipinski definition) is 5. The summed E-state index contributed by atoms with van der Waals surface area (Å²) in [4.78, 5) is 14.0. The predicted molar refractivity (Wildman–Crippen MR) is 93.7 cm³/mol. The zero-order chi connectivity index (χ0) is 16.9. The zero-order valence-corrected chi connectivity index (χ0v) is 13.8. The van der Waals surface area contributed by atoms with E-state index >= 15 is 0 Å². The molecule has 3 rings (SSSR count). The molecule has 0 atom stereocenters. The van der Waals surface area contributed by atoms with Crippen molar-refractivity contribution in [2.45, 2.75) is 6.54 Å². The number of rotatable bonds is 6. The Morgan fingerprint density at radius 2 is 1.83 bits per heavy atom. The molecule has 2 N–H and O–H groups in total. The Kier molecular flexibility index (Phi) is 4.86. The SMILES string of the molecule is CN(C)c1ccc(NC(=O)CNCc2ccc3c(c2)OCO3)cc1. The maximum absolute atomic E-state index is 12.0. The quantitative estimate of drug-likeness (QED) is 0.852. The average Bonchev–Trinajstić information content (AvgIpc) is 3.03. The number of hydrogen-bond donors (Lipinski definition) is 2. The van der Waals surface area contributed by atoms with Gasteiger partial charge in [0.1, 0.15) is 0 Å². The van der Waals surface area contributed by atoms with Crippen molar-refractivity contribution in [2.24, 2.45) is 0 Å². The molecule has 1 amide bonds. The number of carbonyl (C=O) groups excluding carboxylic acids is 1. The summed E-state index contributed by atoms with van der Waals surface area (Å²) in [5.41, 5.74) is 2.92. The molecule has 126 valence electrons. The summed E-state index contributed by atoms with van der Waals surface area (Å²) in [5.74, 6) is 1.44. The highest BCUT2D eigenvalue weighted by Crippen LogP contribution is 2.32. The van der Waals surface area contributed by atoms with Gasteiger partial charge in [0, 0.05) is 32.0 Å². The number of anilines is 2. The van der Waals surface area contributed by atoms with E-state index in [0.29, 0.717) is 6.54 Å². The molecule has 0 spiro atoms. The van der Waals surface area contributed by atoms with Crippen molar-refractivity contribution in [3.63, 3.8) is 0 Å². The maximum Gasteiger partial charge on any atom is 0.238 e. The number of fused-ring (bicyclic) bond motifs is 1. The van der Waals surface area contributed by atoms with Gasteiger partial charge in [0.25, 0.3) is 0 Å². The van der Waals surface area contributed by atoms with Crippen LogP contribution in [0.1, 0.15) is 5.56 Å². The molecule has 2 aromatic carbocycles. The van der Waals surface area contributed by atoms with Gasteiger partial charge in [-0.2, -0.15) is 0 Å². The van der Waals surface area contributed by atoms with Gasteiger partial charge < -0.3 is 25.0 Å². The fourth-order valence-corrected chi connectivity index (χ4v) is 2.42. The van der Waals surface area contributed by atoms with Gasteiger partial charge in [0.15, 0.2) is 11.5 Å². The Hall–Kier alpha value is -2.73. The van der Waals surface area contributed by atoms with Crippen molar-refractivity contribution in [3.05, 3.63) is 48.0 Å². The molecule has 0 fully saturated rings. The van der Waals surface area contributed by atoms with Gasteiger partial charge in [-0.25, -0.2) is 0 Å². The maximum atomic E-state index is 12.0. The third-order valence-electron chi connectivity index (χ3n) is 3.72. The molecule has 0 unspecified atom stereocenters. The first-order chi connectivity index (χ1) is 11.6. The summed E-state index contributed by atoms with van der Waals surface area (Å²) in [5, 5.41) is 6.00. The molecule has 0 saturated carbocycles. The lowest BCUT2D eigenvalue weighted by atomic mass is 10.2. The van der Waals surface area contributed by atoms with Crippen molar-refractivity contribution in [1.29, 1.82) is 0 Å². The van der Waals surface area contributed by atoms with Crippen molar-refractivity contribution < 1.29 is 14.3 Å². The minimum Gasteiger partial charge on any atom is -0.454 e. The van der Waals surface area contributed by atoms with E-state index in [9.17, 15) is 4.79 Å². The van der Waals surface area contributed by atoms with E-state index in [0.717, 1.165) is 28.4 Å². The second-order valence-electron chi connectivity index (χ2n) is 5.78. The Labute approximate surface area is 141 Å². The van der Waals surface area contributed by atoms with E-state index in [1.54, 1.807) is 0 Å². The van der Waals surface area contributed by atoms with E-state index in [2.05, 4.69) is 10.6 Å². The van der Waals surface area contributed by atoms with Crippen molar-refractivity contribution >= 4 is 17.3 Å². The van der Waals surface area contributed by atoms with Crippen LogP contribution in [0.15, 0.2) is 42.5 Å². The second-order valence-corrected chi connectivity index (χ2v) is 5.78. The monoisotopic (exact) mass is 327 g/mol. The Morgan fingerprint density at radius 1 is 1.08 bits per heavy atom. The molecule has 0 aliphatic carbocycles. The fourth-order valence-electron chi connectivity index (χ4n) is 2.42. The average molecular weight is 327 g/mol. The molecule has 6 nitrogen and oxygen atoms in total. The Morgan fingerprint density at radius 3 is 2.58 bits per heavy atom. The normalized spacial score (nSPS) is 12.1. The Balaban J connectivity index is 1.45. The van der Waals surface area contributed by atoms with Crippen molar-refractivity contribution in [3.8, 4) is 11.5 Å². The summed E-state index contributed by atoms with van der Waals surface area (Å²) >= 11 is 0. The fraction of sp³-hybridized carbons (Fsp3) is 0.278. The molecular formula is C18H21N3O3. The number of carbonyl (C=O) groups is 1. The molecule has 0 aromatic heterocycles. The summed E-state index contributed by atoms with van der Waals surface area (Å²) in [7, 11) is 3.96. The van der Waals surface area contributed by atoms with Gasteiger partial charge in [-0.3, -0.25) is 4.79 Å². The minimum atomic E-state index is -0.0756. The number of amides is 1. The van der Waals surface area contributed by atoms with Gasteiger partial charge in [-0.05, 0) is 42.0 Å². The molecule has 0 bridgehead atoms. The first-order valence-electron chi connectivity index (χ1n) is 7.78. The van der Waals surface area contributed by atoms with Crippen LogP contribution < -0.4 is 25.0 Å². The first-order valence-corrected chi connectivity index (χ1v) is 7.78. The number of nitrogens with one attached hydrogen (secondary N) is 2. The van der Waals surface area contributed by atoms with Gasteiger partial charge in [0.05, 0.1) is 6.54 Å². The molecule has 2 aromatic rings. The Bertz CT molecular complexity index is 714. The van der Waals surface area contributed by atoms with Crippen LogP contribution in [-0.2, 0) is 11.3 Å². The molecular weight excluding hydrogens is 306 g/mol. The number of nitrogens with zero attached hydrogens (tertiary/aromatic N) is 1. The van der Waals surface area contributed by atoms with Crippen LogP contribution in [-0.4, -0.2) is 33.3 Å². The van der Waals surface area contributed by atoms with Crippen LogP contribution in [0.5, 0.6) is 11.5 Å². The summed E-state index contributed by atoms with van der Waals surface area (Å²) in [6, 6.07) is 13.5. The lowest BCUT2D eigenvalue weighted by Gasteiger charge is -2.13. The van der Waals surface area contributed by atoms with Crippen LogP contribution in [0.3, 0.4) is 0 Å². The highest BCUT2D eigenvalue weighted by molar-refractivity contribution is 5.92. The highest BCUT2D eigenvalue weighted by Gasteiger charge is 2.13. The van der Waals surface area contributed by atoms with Crippen LogP contribution in [0.25, 0.3) is 0 Å². The third-order valence-corrected chi connectivity index (χ3v) is 3.72. The second kappa shape index (κ2) is 7.23. The highest BCUT2D eigenvalue weighted by atomic mass is 16.7. The van der Waals surface area contributed by atoms with Gasteiger partial charge in [-0.1, -0.05) is 6.07 Å². The van der Waals surface area contributed by atoms with Crippen molar-refractivity contribution in [1.82, 2.24) is 5.32 Å². The van der Waals surface area contributed by atoms with Crippen molar-refractivity contribution in [2.75, 3.05) is 37.6 Å². The zero-order valence-electron chi connectivity index (χ0n) is 13.8. The van der Waals surface area contributed by atoms with Crippen LogP contribution in [0.4, 0.5) is 11.4 Å². The van der Waals surface area contributed by atoms with Gasteiger partial charge in [-0.15, -0.1) is 0 Å². The lowest BCUT2D eigenvalue weighted by Crippen LogP contribution is -2.27. The molecule has 1 aliphatic heterocycles. The largest absolute Gasteiger partial charge is 0.454 e. The smallest absolute Gasteiger partial charge is 0.238 e. The molecule has 24 heavy (non-hydrogen) atoms. The minimum absolute atomic E-state index is 0.0756. The summed E-state index contributed by atoms with van der Waals surface area (Å²) in [6.45, 7) is 1.09.